The topological polar surface area (TPSA) is 109 Å². The van der Waals surface area contributed by atoms with Crippen molar-refractivity contribution < 1.29 is 18.7 Å². The quantitative estimate of drug-likeness (QED) is 0.587. The van der Waals surface area contributed by atoms with E-state index >= 15 is 0 Å². The molecule has 0 aliphatic rings. The highest BCUT2D eigenvalue weighted by atomic mass is 16.5. The van der Waals surface area contributed by atoms with Gasteiger partial charge in [0.15, 0.2) is 0 Å². The van der Waals surface area contributed by atoms with Crippen LogP contribution in [0.1, 0.15) is 22.7 Å². The van der Waals surface area contributed by atoms with Gasteiger partial charge in [-0.2, -0.15) is 5.10 Å². The summed E-state index contributed by atoms with van der Waals surface area (Å²) in [4.78, 5) is 23.8. The van der Waals surface area contributed by atoms with Crippen LogP contribution in [0.15, 0.2) is 53.1 Å². The molecule has 0 saturated heterocycles. The number of methoxy groups -OCH3 is 1. The molecule has 2 amide bonds. The Morgan fingerprint density at radius 3 is 2.69 bits per heavy atom. The molecule has 0 bridgehead atoms. The van der Waals surface area contributed by atoms with Crippen LogP contribution < -0.4 is 15.6 Å². The molecule has 0 atom stereocenters. The third-order valence-corrected chi connectivity index (χ3v) is 3.70. The summed E-state index contributed by atoms with van der Waals surface area (Å²) in [6, 6.07) is 12.4. The molecular formula is C18H18N4O4. The maximum absolute atomic E-state index is 12.1. The lowest BCUT2D eigenvalue weighted by Gasteiger charge is -2.05. The number of benzene rings is 1. The zero-order chi connectivity index (χ0) is 18.4. The lowest BCUT2D eigenvalue weighted by Crippen LogP contribution is -2.41. The predicted octanol–water partition coefficient (Wildman–Crippen LogP) is 2.07. The minimum Gasteiger partial charge on any atom is -0.497 e. The number of ether oxygens (including phenoxy) is 1. The number of aryl methyl sites for hydroxylation is 1. The summed E-state index contributed by atoms with van der Waals surface area (Å²) in [6.07, 6.45) is 2.21. The smallest absolute Gasteiger partial charge is 0.287 e. The van der Waals surface area contributed by atoms with Gasteiger partial charge in [-0.1, -0.05) is 0 Å². The summed E-state index contributed by atoms with van der Waals surface area (Å²) in [5.41, 5.74) is 6.40. The first-order valence-corrected chi connectivity index (χ1v) is 7.97. The number of nitrogens with zero attached hydrogens (tertiary/aromatic N) is 1. The van der Waals surface area contributed by atoms with E-state index in [-0.39, 0.29) is 18.0 Å². The van der Waals surface area contributed by atoms with Crippen LogP contribution in [-0.2, 0) is 11.2 Å². The summed E-state index contributed by atoms with van der Waals surface area (Å²) < 4.78 is 10.3. The molecule has 8 heteroatoms. The largest absolute Gasteiger partial charge is 0.497 e. The summed E-state index contributed by atoms with van der Waals surface area (Å²) in [7, 11) is 1.59. The second-order valence-electron chi connectivity index (χ2n) is 5.48. The van der Waals surface area contributed by atoms with Gasteiger partial charge in [0.05, 0.1) is 19.1 Å². The zero-order valence-corrected chi connectivity index (χ0v) is 14.1. The number of hydrazine groups is 1. The minimum atomic E-state index is -0.483. The van der Waals surface area contributed by atoms with Crippen LogP contribution in [0.5, 0.6) is 5.75 Å². The van der Waals surface area contributed by atoms with E-state index in [0.717, 1.165) is 11.3 Å². The number of hydrogen-bond donors (Lipinski definition) is 3. The molecule has 134 valence electrons. The molecule has 0 unspecified atom stereocenters. The maximum Gasteiger partial charge on any atom is 0.287 e. The van der Waals surface area contributed by atoms with Crippen molar-refractivity contribution in [1.82, 2.24) is 21.0 Å². The van der Waals surface area contributed by atoms with Crippen LogP contribution in [0.3, 0.4) is 0 Å². The lowest BCUT2D eigenvalue weighted by atomic mass is 10.1. The van der Waals surface area contributed by atoms with Gasteiger partial charge >= 0.3 is 0 Å². The Balaban J connectivity index is 1.51. The average Bonchev–Trinajstić information content (AvgIpc) is 3.36. The Hall–Kier alpha value is -3.55. The van der Waals surface area contributed by atoms with E-state index in [1.165, 1.54) is 0 Å². The van der Waals surface area contributed by atoms with Crippen LogP contribution >= 0.6 is 0 Å². The molecule has 0 saturated carbocycles. The molecule has 2 heterocycles. The normalized spacial score (nSPS) is 10.3. The fourth-order valence-corrected chi connectivity index (χ4v) is 2.30. The number of amides is 2. The van der Waals surface area contributed by atoms with Gasteiger partial charge in [-0.05, 0) is 42.5 Å². The highest BCUT2D eigenvalue weighted by molar-refractivity contribution is 5.94. The Bertz CT molecular complexity index is 869. The summed E-state index contributed by atoms with van der Waals surface area (Å²) >= 11 is 0. The number of aromatic nitrogens is 2. The molecule has 0 radical (unpaired) electrons. The maximum atomic E-state index is 12.1. The van der Waals surface area contributed by atoms with Crippen LogP contribution in [0, 0.1) is 0 Å². The van der Waals surface area contributed by atoms with Gasteiger partial charge in [0, 0.05) is 18.4 Å². The molecule has 26 heavy (non-hydrogen) atoms. The summed E-state index contributed by atoms with van der Waals surface area (Å²) in [5.74, 6) is 0.650. The van der Waals surface area contributed by atoms with Crippen molar-refractivity contribution in [1.29, 1.82) is 0 Å². The van der Waals surface area contributed by atoms with E-state index in [9.17, 15) is 9.59 Å². The van der Waals surface area contributed by atoms with Crippen LogP contribution in [0.2, 0.25) is 0 Å². The monoisotopic (exact) mass is 354 g/mol. The number of H-pyrrole nitrogens is 1. The van der Waals surface area contributed by atoms with Gasteiger partial charge < -0.3 is 9.15 Å². The number of rotatable bonds is 6. The first-order valence-electron chi connectivity index (χ1n) is 7.97. The molecule has 2 aromatic heterocycles. The number of carbonyl (C=O) groups is 2. The SMILES string of the molecule is COc1ccc(-c2cc(C(=O)NNC(=O)CCc3ccco3)[nH]n2)cc1. The summed E-state index contributed by atoms with van der Waals surface area (Å²) in [6.45, 7) is 0. The first-order chi connectivity index (χ1) is 12.7. The molecule has 3 N–H and O–H groups in total. The van der Waals surface area contributed by atoms with Crippen molar-refractivity contribution in [3.8, 4) is 17.0 Å². The van der Waals surface area contributed by atoms with Crippen LogP contribution in [-0.4, -0.2) is 29.1 Å². The van der Waals surface area contributed by atoms with Crippen molar-refractivity contribution in [2.75, 3.05) is 7.11 Å². The van der Waals surface area contributed by atoms with Crippen molar-refractivity contribution in [3.63, 3.8) is 0 Å². The minimum absolute atomic E-state index is 0.202. The molecule has 0 aliphatic carbocycles. The molecule has 3 rings (SSSR count). The predicted molar refractivity (Wildman–Crippen MR) is 93.2 cm³/mol. The van der Waals surface area contributed by atoms with E-state index in [1.54, 1.807) is 31.6 Å². The molecular weight excluding hydrogens is 336 g/mol. The lowest BCUT2D eigenvalue weighted by molar-refractivity contribution is -0.121. The molecule has 3 aromatic rings. The van der Waals surface area contributed by atoms with Gasteiger partial charge in [-0.15, -0.1) is 0 Å². The molecule has 0 fully saturated rings. The number of furan rings is 1. The van der Waals surface area contributed by atoms with Gasteiger partial charge in [0.25, 0.3) is 5.91 Å². The van der Waals surface area contributed by atoms with E-state index in [1.807, 2.05) is 24.3 Å². The Kier molecular flexibility index (Phi) is 5.33. The van der Waals surface area contributed by atoms with Gasteiger partial charge in [0.2, 0.25) is 5.91 Å². The highest BCUT2D eigenvalue weighted by Gasteiger charge is 2.12. The highest BCUT2D eigenvalue weighted by Crippen LogP contribution is 2.21. The number of carbonyl (C=O) groups excluding carboxylic acids is 2. The van der Waals surface area contributed by atoms with Crippen molar-refractivity contribution in [3.05, 3.63) is 60.2 Å². The van der Waals surface area contributed by atoms with E-state index in [4.69, 9.17) is 9.15 Å². The third kappa shape index (κ3) is 4.29. The molecule has 0 aliphatic heterocycles. The van der Waals surface area contributed by atoms with Crippen molar-refractivity contribution in [2.24, 2.45) is 0 Å². The van der Waals surface area contributed by atoms with Crippen molar-refractivity contribution in [2.45, 2.75) is 12.8 Å². The van der Waals surface area contributed by atoms with Gasteiger partial charge in [-0.3, -0.25) is 25.5 Å². The fraction of sp³-hybridized carbons (Fsp3) is 0.167. The average molecular weight is 354 g/mol. The van der Waals surface area contributed by atoms with E-state index in [2.05, 4.69) is 21.0 Å². The summed E-state index contributed by atoms with van der Waals surface area (Å²) in [5, 5.41) is 6.76. The number of aromatic amines is 1. The fourth-order valence-electron chi connectivity index (χ4n) is 2.30. The number of hydrogen-bond acceptors (Lipinski definition) is 5. The van der Waals surface area contributed by atoms with Crippen molar-refractivity contribution >= 4 is 11.8 Å². The standard InChI is InChI=1S/C18H18N4O4/c1-25-13-6-4-12(5-7-13)15-11-16(20-19-15)18(24)22-21-17(23)9-8-14-3-2-10-26-14/h2-7,10-11H,8-9H2,1H3,(H,19,20)(H,21,23)(H,22,24). The molecule has 1 aromatic carbocycles. The molecule has 8 nitrogen and oxygen atoms in total. The van der Waals surface area contributed by atoms with Crippen LogP contribution in [0.4, 0.5) is 0 Å². The Morgan fingerprint density at radius 1 is 1.19 bits per heavy atom. The van der Waals surface area contributed by atoms with E-state index in [0.29, 0.717) is 17.9 Å². The van der Waals surface area contributed by atoms with E-state index < -0.39 is 5.91 Å². The second-order valence-corrected chi connectivity index (χ2v) is 5.48. The number of nitrogens with one attached hydrogen (secondary N) is 3. The van der Waals surface area contributed by atoms with Gasteiger partial charge in [0.1, 0.15) is 17.2 Å². The third-order valence-electron chi connectivity index (χ3n) is 3.70. The van der Waals surface area contributed by atoms with Gasteiger partial charge in [-0.25, -0.2) is 0 Å². The zero-order valence-electron chi connectivity index (χ0n) is 14.1. The molecule has 0 spiro atoms. The Morgan fingerprint density at radius 2 is 2.00 bits per heavy atom. The van der Waals surface area contributed by atoms with Crippen LogP contribution in [0.25, 0.3) is 11.3 Å². The second kappa shape index (κ2) is 8.02. The Labute approximate surface area is 149 Å². The first kappa shape index (κ1) is 17.3.